The van der Waals surface area contributed by atoms with E-state index < -0.39 is 0 Å². The molecule has 1 fully saturated rings. The molecule has 0 aromatic carbocycles. The third kappa shape index (κ3) is 9.33. The van der Waals surface area contributed by atoms with Gasteiger partial charge in [0.1, 0.15) is 0 Å². The molecule has 2 nitrogen and oxygen atoms in total. The highest BCUT2D eigenvalue weighted by Gasteiger charge is 1.93. The minimum atomic E-state index is 0. The fourth-order valence-electron chi connectivity index (χ4n) is 1.11. The molecule has 1 saturated heterocycles. The average Bonchev–Trinajstić information content (AvgIpc) is 2.24. The number of hydrogen-bond acceptors (Lipinski definition) is 2. The van der Waals surface area contributed by atoms with E-state index in [1.54, 1.807) is 12.4 Å². The van der Waals surface area contributed by atoms with Crippen LogP contribution in [0.3, 0.4) is 0 Å². The normalized spacial score (nSPS) is 13.7. The van der Waals surface area contributed by atoms with Crippen LogP contribution in [0.4, 0.5) is 0 Å². The van der Waals surface area contributed by atoms with Gasteiger partial charge in [0.05, 0.1) is 0 Å². The van der Waals surface area contributed by atoms with Crippen molar-refractivity contribution >= 4 is 16.8 Å². The molecule has 0 aliphatic carbocycles. The lowest BCUT2D eigenvalue weighted by molar-refractivity contribution is 0.520. The SMILES string of the molecule is C1CCNCC1.[B].[B].c1ccncc1. The maximum Gasteiger partial charge on any atom is 0.0267 e. The molecule has 1 aromatic heterocycles. The van der Waals surface area contributed by atoms with Crippen molar-refractivity contribution in [2.75, 3.05) is 13.1 Å². The molecule has 2 rings (SSSR count). The zero-order chi connectivity index (χ0) is 8.49. The molecular weight excluding hydrogens is 170 g/mol. The van der Waals surface area contributed by atoms with Crippen LogP contribution in [0.5, 0.6) is 0 Å². The molecule has 0 spiro atoms. The Labute approximate surface area is 90.7 Å². The number of rotatable bonds is 0. The van der Waals surface area contributed by atoms with E-state index in [0.29, 0.717) is 0 Å². The number of nitrogens with zero attached hydrogens (tertiary/aromatic N) is 1. The molecule has 1 aliphatic heterocycles. The molecule has 1 N–H and O–H groups in total. The monoisotopic (exact) mass is 186 g/mol. The van der Waals surface area contributed by atoms with Gasteiger partial charge < -0.3 is 5.32 Å². The molecule has 0 saturated carbocycles. The van der Waals surface area contributed by atoms with E-state index in [2.05, 4.69) is 10.3 Å². The minimum Gasteiger partial charge on any atom is -0.317 e. The number of piperidine rings is 1. The largest absolute Gasteiger partial charge is 0.317 e. The Kier molecular flexibility index (Phi) is 13.7. The Morgan fingerprint density at radius 2 is 1.36 bits per heavy atom. The zero-order valence-corrected chi connectivity index (χ0v) is 8.52. The fraction of sp³-hybridized carbons (Fsp3) is 0.500. The second-order valence-corrected chi connectivity index (χ2v) is 2.84. The number of pyridine rings is 1. The van der Waals surface area contributed by atoms with Gasteiger partial charge in [-0.2, -0.15) is 0 Å². The van der Waals surface area contributed by atoms with Crippen molar-refractivity contribution in [1.82, 2.24) is 10.3 Å². The summed E-state index contributed by atoms with van der Waals surface area (Å²) in [5, 5.41) is 3.28. The first-order valence-corrected chi connectivity index (χ1v) is 4.56. The van der Waals surface area contributed by atoms with Gasteiger partial charge in [0.25, 0.3) is 0 Å². The van der Waals surface area contributed by atoms with Crippen LogP contribution in [0.15, 0.2) is 30.6 Å². The van der Waals surface area contributed by atoms with Gasteiger partial charge in [-0.1, -0.05) is 12.5 Å². The summed E-state index contributed by atoms with van der Waals surface area (Å²) in [4.78, 5) is 3.78. The molecule has 14 heavy (non-hydrogen) atoms. The van der Waals surface area contributed by atoms with E-state index in [9.17, 15) is 0 Å². The molecule has 0 atom stereocenters. The highest BCUT2D eigenvalue weighted by atomic mass is 14.9. The quantitative estimate of drug-likeness (QED) is 0.613. The molecule has 4 heteroatoms. The number of hydrogen-bond donors (Lipinski definition) is 1. The van der Waals surface area contributed by atoms with Gasteiger partial charge in [0.2, 0.25) is 0 Å². The highest BCUT2D eigenvalue weighted by molar-refractivity contribution is 5.76. The first-order chi connectivity index (χ1) is 6.00. The predicted octanol–water partition coefficient (Wildman–Crippen LogP) is 1.08. The average molecular weight is 186 g/mol. The third-order valence-electron chi connectivity index (χ3n) is 1.77. The maximum absolute atomic E-state index is 3.78. The molecule has 0 amide bonds. The summed E-state index contributed by atoms with van der Waals surface area (Å²) in [6.07, 6.45) is 7.72. The first-order valence-electron chi connectivity index (χ1n) is 4.56. The first kappa shape index (κ1) is 15.7. The van der Waals surface area contributed by atoms with Gasteiger partial charge in [-0.25, -0.2) is 0 Å². The van der Waals surface area contributed by atoms with E-state index in [1.807, 2.05) is 18.2 Å². The number of aromatic nitrogens is 1. The van der Waals surface area contributed by atoms with Crippen molar-refractivity contribution in [3.8, 4) is 0 Å². The van der Waals surface area contributed by atoms with Crippen LogP contribution < -0.4 is 5.32 Å². The summed E-state index contributed by atoms with van der Waals surface area (Å²) in [6, 6.07) is 5.72. The molecular formula is C10H16B2N2. The van der Waals surface area contributed by atoms with Crippen molar-refractivity contribution in [2.24, 2.45) is 0 Å². The molecule has 0 unspecified atom stereocenters. The summed E-state index contributed by atoms with van der Waals surface area (Å²) >= 11 is 0. The van der Waals surface area contributed by atoms with Gasteiger partial charge in [0.15, 0.2) is 0 Å². The predicted molar refractivity (Wildman–Crippen MR) is 62.5 cm³/mol. The third-order valence-corrected chi connectivity index (χ3v) is 1.77. The Bertz CT molecular complexity index is 141. The van der Waals surface area contributed by atoms with Gasteiger partial charge in [-0.3, -0.25) is 4.98 Å². The van der Waals surface area contributed by atoms with E-state index in [-0.39, 0.29) is 16.8 Å². The molecule has 2 heterocycles. The van der Waals surface area contributed by atoms with Crippen molar-refractivity contribution in [1.29, 1.82) is 0 Å². The Morgan fingerprint density at radius 3 is 1.50 bits per heavy atom. The topological polar surface area (TPSA) is 24.9 Å². The summed E-state index contributed by atoms with van der Waals surface area (Å²) in [7, 11) is 0. The number of nitrogens with one attached hydrogen (secondary N) is 1. The van der Waals surface area contributed by atoms with E-state index in [4.69, 9.17) is 0 Å². The fourth-order valence-corrected chi connectivity index (χ4v) is 1.11. The molecule has 0 bridgehead atoms. The van der Waals surface area contributed by atoms with Crippen LogP contribution in [-0.4, -0.2) is 34.9 Å². The van der Waals surface area contributed by atoms with Crippen molar-refractivity contribution in [3.63, 3.8) is 0 Å². The van der Waals surface area contributed by atoms with E-state index in [1.165, 1.54) is 32.4 Å². The van der Waals surface area contributed by atoms with Crippen LogP contribution in [0.25, 0.3) is 0 Å². The van der Waals surface area contributed by atoms with E-state index >= 15 is 0 Å². The standard InChI is InChI=1S/C5H11N.C5H5N.2B/c2*1-2-4-6-5-3-1;;/h6H,1-5H2;1-5H;;. The zero-order valence-electron chi connectivity index (χ0n) is 8.52. The highest BCUT2D eigenvalue weighted by Crippen LogP contribution is 1.96. The summed E-state index contributed by atoms with van der Waals surface area (Å²) in [5.74, 6) is 0. The lowest BCUT2D eigenvalue weighted by atomic mass is 10.2. The molecule has 72 valence electrons. The summed E-state index contributed by atoms with van der Waals surface area (Å²) in [6.45, 7) is 2.50. The van der Waals surface area contributed by atoms with Crippen molar-refractivity contribution in [2.45, 2.75) is 19.3 Å². The van der Waals surface area contributed by atoms with Crippen LogP contribution in [-0.2, 0) is 0 Å². The van der Waals surface area contributed by atoms with Gasteiger partial charge in [-0.05, 0) is 38.1 Å². The van der Waals surface area contributed by atoms with Crippen LogP contribution >= 0.6 is 0 Å². The van der Waals surface area contributed by atoms with Crippen molar-refractivity contribution in [3.05, 3.63) is 30.6 Å². The summed E-state index contributed by atoms with van der Waals surface area (Å²) < 4.78 is 0. The smallest absolute Gasteiger partial charge is 0.0267 e. The van der Waals surface area contributed by atoms with Crippen LogP contribution in [0, 0.1) is 0 Å². The Morgan fingerprint density at radius 1 is 0.786 bits per heavy atom. The molecule has 1 aromatic rings. The maximum atomic E-state index is 3.78. The van der Waals surface area contributed by atoms with Gasteiger partial charge in [0, 0.05) is 29.2 Å². The van der Waals surface area contributed by atoms with Crippen LogP contribution in [0.1, 0.15) is 19.3 Å². The van der Waals surface area contributed by atoms with Gasteiger partial charge >= 0.3 is 0 Å². The Balaban J connectivity index is 0. The molecule has 6 radical (unpaired) electrons. The Hall–Kier alpha value is -0.760. The van der Waals surface area contributed by atoms with Crippen LogP contribution in [0.2, 0.25) is 0 Å². The second kappa shape index (κ2) is 12.2. The van der Waals surface area contributed by atoms with E-state index in [0.717, 1.165) is 0 Å². The summed E-state index contributed by atoms with van der Waals surface area (Å²) in [5.41, 5.74) is 0. The lowest BCUT2D eigenvalue weighted by Crippen LogP contribution is -2.21. The molecule has 1 aliphatic rings. The second-order valence-electron chi connectivity index (χ2n) is 2.84. The van der Waals surface area contributed by atoms with Crippen molar-refractivity contribution < 1.29 is 0 Å². The minimum absolute atomic E-state index is 0. The van der Waals surface area contributed by atoms with Gasteiger partial charge in [-0.15, -0.1) is 0 Å². The lowest BCUT2D eigenvalue weighted by Gasteiger charge is -2.08.